The number of hydrogen-bond acceptors (Lipinski definition) is 3. The van der Waals surface area contributed by atoms with Gasteiger partial charge < -0.3 is 18.9 Å². The summed E-state index contributed by atoms with van der Waals surface area (Å²) in [5, 5.41) is 0. The Labute approximate surface area is 121 Å². The van der Waals surface area contributed by atoms with Crippen LogP contribution in [0.4, 0.5) is 0 Å². The van der Waals surface area contributed by atoms with E-state index >= 15 is 0 Å². The van der Waals surface area contributed by atoms with Crippen LogP contribution in [-0.2, 0) is 16.0 Å². The Bertz CT molecular complexity index is 449. The second kappa shape index (κ2) is 6.07. The molecule has 1 aliphatic heterocycles. The van der Waals surface area contributed by atoms with Crippen molar-refractivity contribution in [3.63, 3.8) is 0 Å². The van der Waals surface area contributed by atoms with Crippen molar-refractivity contribution < 1.29 is 14.3 Å². The first-order valence-electron chi connectivity index (χ1n) is 6.31. The molecular weight excluding hydrogens is 312 g/mol. The molecule has 0 N–H and O–H groups in total. The quantitative estimate of drug-likeness (QED) is 0.844. The lowest BCUT2D eigenvalue weighted by Crippen LogP contribution is -2.31. The van der Waals surface area contributed by atoms with E-state index in [4.69, 9.17) is 9.47 Å². The highest BCUT2D eigenvalue weighted by atomic mass is 79.9. The Morgan fingerprint density at radius 1 is 1.37 bits per heavy atom. The van der Waals surface area contributed by atoms with Gasteiger partial charge in [0.05, 0.1) is 0 Å². The lowest BCUT2D eigenvalue weighted by atomic mass is 10.3. The van der Waals surface area contributed by atoms with Crippen LogP contribution in [0.15, 0.2) is 16.7 Å². The average Bonchev–Trinajstić information content (AvgIpc) is 3.00. The average molecular weight is 331 g/mol. The Kier molecular flexibility index (Phi) is 4.65. The molecule has 1 aliphatic rings. The highest BCUT2D eigenvalue weighted by Crippen LogP contribution is 2.21. The highest BCUT2D eigenvalue weighted by Gasteiger charge is 2.36. The first-order valence-corrected chi connectivity index (χ1v) is 7.10. The van der Waals surface area contributed by atoms with Crippen LogP contribution in [0.3, 0.4) is 0 Å². The van der Waals surface area contributed by atoms with Crippen LogP contribution in [-0.4, -0.2) is 54.9 Å². The van der Waals surface area contributed by atoms with E-state index in [0.29, 0.717) is 18.8 Å². The Hall–Kier alpha value is -0.850. The van der Waals surface area contributed by atoms with Gasteiger partial charge in [-0.1, -0.05) is 0 Å². The molecule has 1 aromatic rings. The number of halogens is 1. The maximum atomic E-state index is 12.5. The topological polar surface area (TPSA) is 43.7 Å². The summed E-state index contributed by atoms with van der Waals surface area (Å²) in [6.45, 7) is 3.92. The van der Waals surface area contributed by atoms with Crippen molar-refractivity contribution in [1.29, 1.82) is 0 Å². The number of carbonyl (C=O) groups is 1. The first-order chi connectivity index (χ1) is 9.10. The number of nitrogens with zero attached hydrogens (tertiary/aromatic N) is 2. The van der Waals surface area contributed by atoms with Gasteiger partial charge in [-0.2, -0.15) is 0 Å². The summed E-state index contributed by atoms with van der Waals surface area (Å²) in [4.78, 5) is 14.3. The Balaban J connectivity index is 2.16. The van der Waals surface area contributed by atoms with Crippen LogP contribution in [0.25, 0.3) is 0 Å². The lowest BCUT2D eigenvalue weighted by Gasteiger charge is -2.16. The Morgan fingerprint density at radius 3 is 2.42 bits per heavy atom. The fourth-order valence-corrected chi connectivity index (χ4v) is 2.90. The molecule has 19 heavy (non-hydrogen) atoms. The summed E-state index contributed by atoms with van der Waals surface area (Å²) in [6.07, 6.45) is 1.81. The molecule has 1 saturated heterocycles. The van der Waals surface area contributed by atoms with Gasteiger partial charge in [-0.05, 0) is 28.9 Å². The summed E-state index contributed by atoms with van der Waals surface area (Å²) in [5.41, 5.74) is 0.695. The first kappa shape index (κ1) is 14.6. The van der Waals surface area contributed by atoms with Gasteiger partial charge in [0.1, 0.15) is 17.9 Å². The summed E-state index contributed by atoms with van der Waals surface area (Å²) >= 11 is 3.41. The molecule has 0 radical (unpaired) electrons. The minimum atomic E-state index is -0.0533. The van der Waals surface area contributed by atoms with Crippen LogP contribution >= 0.6 is 15.9 Å². The number of carbonyl (C=O) groups excluding carboxylic acids is 1. The van der Waals surface area contributed by atoms with Gasteiger partial charge in [0.15, 0.2) is 0 Å². The summed E-state index contributed by atoms with van der Waals surface area (Å²) in [6, 6.07) is 1.85. The largest absolute Gasteiger partial charge is 0.377 e. The third-order valence-corrected chi connectivity index (χ3v) is 3.96. The van der Waals surface area contributed by atoms with Crippen molar-refractivity contribution in [2.45, 2.75) is 25.7 Å². The standard InChI is InChI=1S/C13H19BrN2O3/c1-4-15-6-9(14)5-10(15)13(17)16-7-11(18-2)12(8-16)19-3/h5-6,11-12H,4,7-8H2,1-3H3. The molecule has 0 aromatic carbocycles. The molecule has 2 heterocycles. The van der Waals surface area contributed by atoms with Crippen LogP contribution in [0.1, 0.15) is 17.4 Å². The predicted molar refractivity (Wildman–Crippen MR) is 75.3 cm³/mol. The molecule has 2 unspecified atom stereocenters. The van der Waals surface area contributed by atoms with E-state index in [2.05, 4.69) is 15.9 Å². The smallest absolute Gasteiger partial charge is 0.270 e. The summed E-state index contributed by atoms with van der Waals surface area (Å²) in [5.74, 6) is 0.0224. The number of rotatable bonds is 4. The maximum Gasteiger partial charge on any atom is 0.270 e. The fraction of sp³-hybridized carbons (Fsp3) is 0.615. The highest BCUT2D eigenvalue weighted by molar-refractivity contribution is 9.10. The number of ether oxygens (including phenoxy) is 2. The third-order valence-electron chi connectivity index (χ3n) is 3.53. The number of amides is 1. The zero-order valence-corrected chi connectivity index (χ0v) is 13.0. The van der Waals surface area contributed by atoms with E-state index in [-0.39, 0.29) is 18.1 Å². The molecule has 2 rings (SSSR count). The maximum absolute atomic E-state index is 12.5. The number of aryl methyl sites for hydroxylation is 1. The normalized spacial score (nSPS) is 23.1. The predicted octanol–water partition coefficient (Wildman–Crippen LogP) is 1.76. The second-order valence-electron chi connectivity index (χ2n) is 4.59. The summed E-state index contributed by atoms with van der Waals surface area (Å²) < 4.78 is 13.6. The third kappa shape index (κ3) is 2.85. The zero-order chi connectivity index (χ0) is 14.0. The van der Waals surface area contributed by atoms with Gasteiger partial charge in [-0.15, -0.1) is 0 Å². The van der Waals surface area contributed by atoms with Crippen molar-refractivity contribution in [3.8, 4) is 0 Å². The van der Waals surface area contributed by atoms with Crippen LogP contribution in [0.2, 0.25) is 0 Å². The molecular formula is C13H19BrN2O3. The molecule has 5 nitrogen and oxygen atoms in total. The molecule has 0 saturated carbocycles. The van der Waals surface area contributed by atoms with E-state index in [1.54, 1.807) is 19.1 Å². The van der Waals surface area contributed by atoms with Gasteiger partial charge in [0.25, 0.3) is 5.91 Å². The molecule has 6 heteroatoms. The van der Waals surface area contributed by atoms with E-state index in [9.17, 15) is 4.79 Å². The van der Waals surface area contributed by atoms with E-state index in [1.165, 1.54) is 0 Å². The van der Waals surface area contributed by atoms with Crippen molar-refractivity contribution in [3.05, 3.63) is 22.4 Å². The molecule has 1 aromatic heterocycles. The Morgan fingerprint density at radius 2 is 1.95 bits per heavy atom. The number of hydrogen-bond donors (Lipinski definition) is 0. The summed E-state index contributed by atoms with van der Waals surface area (Å²) in [7, 11) is 3.30. The monoisotopic (exact) mass is 330 g/mol. The minimum Gasteiger partial charge on any atom is -0.377 e. The SMILES string of the molecule is CCn1cc(Br)cc1C(=O)N1CC(OC)C(OC)C1. The molecule has 1 amide bonds. The van der Waals surface area contributed by atoms with E-state index < -0.39 is 0 Å². The number of likely N-dealkylation sites (tertiary alicyclic amines) is 1. The van der Waals surface area contributed by atoms with Gasteiger partial charge in [-0.25, -0.2) is 0 Å². The van der Waals surface area contributed by atoms with Crippen molar-refractivity contribution in [2.75, 3.05) is 27.3 Å². The van der Waals surface area contributed by atoms with Crippen LogP contribution < -0.4 is 0 Å². The molecule has 1 fully saturated rings. The van der Waals surface area contributed by atoms with Crippen molar-refractivity contribution in [1.82, 2.24) is 9.47 Å². The molecule has 0 spiro atoms. The zero-order valence-electron chi connectivity index (χ0n) is 11.4. The van der Waals surface area contributed by atoms with E-state index in [1.807, 2.05) is 23.8 Å². The minimum absolute atomic E-state index is 0.0224. The molecule has 106 valence electrons. The van der Waals surface area contributed by atoms with Crippen LogP contribution in [0, 0.1) is 0 Å². The molecule has 0 bridgehead atoms. The number of aromatic nitrogens is 1. The van der Waals surface area contributed by atoms with Gasteiger partial charge in [0, 0.05) is 44.5 Å². The number of methoxy groups -OCH3 is 2. The van der Waals surface area contributed by atoms with Crippen LogP contribution in [0.5, 0.6) is 0 Å². The van der Waals surface area contributed by atoms with Gasteiger partial charge in [-0.3, -0.25) is 4.79 Å². The van der Waals surface area contributed by atoms with Crippen molar-refractivity contribution in [2.24, 2.45) is 0 Å². The molecule has 0 aliphatic carbocycles. The lowest BCUT2D eigenvalue weighted by molar-refractivity contribution is -0.00461. The van der Waals surface area contributed by atoms with Gasteiger partial charge in [0.2, 0.25) is 0 Å². The van der Waals surface area contributed by atoms with Gasteiger partial charge >= 0.3 is 0 Å². The van der Waals surface area contributed by atoms with E-state index in [0.717, 1.165) is 11.0 Å². The molecule has 2 atom stereocenters. The van der Waals surface area contributed by atoms with Crippen molar-refractivity contribution >= 4 is 21.8 Å². The fourth-order valence-electron chi connectivity index (χ4n) is 2.44. The second-order valence-corrected chi connectivity index (χ2v) is 5.50.